The molecular weight excluding hydrogens is 272 g/mol. The Kier molecular flexibility index (Phi) is 5.83. The normalized spacial score (nSPS) is 12.5. The number of ketones is 1. The van der Waals surface area contributed by atoms with E-state index in [1.807, 2.05) is 12.1 Å². The van der Waals surface area contributed by atoms with Crippen LogP contribution in [0.1, 0.15) is 95.6 Å². The lowest BCUT2D eigenvalue weighted by Gasteiger charge is -2.29. The van der Waals surface area contributed by atoms with Gasteiger partial charge in [-0.2, -0.15) is 0 Å². The molecule has 1 rings (SSSR count). The van der Waals surface area contributed by atoms with Gasteiger partial charge in [0.1, 0.15) is 5.75 Å². The molecule has 1 aromatic carbocycles. The zero-order chi connectivity index (χ0) is 17.1. The minimum atomic E-state index is -0.263. The molecule has 0 aliphatic carbocycles. The fourth-order valence-corrected chi connectivity index (χ4v) is 2.86. The predicted octanol–water partition coefficient (Wildman–Crippen LogP) is 5.75. The van der Waals surface area contributed by atoms with Gasteiger partial charge < -0.3 is 5.11 Å². The highest BCUT2D eigenvalue weighted by Crippen LogP contribution is 2.41. The highest BCUT2D eigenvalue weighted by molar-refractivity contribution is 5.98. The highest BCUT2D eigenvalue weighted by atomic mass is 16.3. The molecule has 0 heterocycles. The average molecular weight is 304 g/mol. The standard InChI is InChI=1S/C20H32O2/c1-8-9-10-11-16(21)14-12-13-15(19(2,3)4)18(22)17(14)20(5,6)7/h12-13,22H,8-11H2,1-7H3. The monoisotopic (exact) mass is 304 g/mol. The van der Waals surface area contributed by atoms with E-state index in [-0.39, 0.29) is 16.6 Å². The number of Topliss-reactive ketones (excluding diaryl/α,β-unsaturated/α-hetero) is 1. The fourth-order valence-electron chi connectivity index (χ4n) is 2.86. The lowest BCUT2D eigenvalue weighted by molar-refractivity contribution is 0.0976. The summed E-state index contributed by atoms with van der Waals surface area (Å²) in [6.07, 6.45) is 3.65. The smallest absolute Gasteiger partial charge is 0.163 e. The molecule has 0 saturated carbocycles. The summed E-state index contributed by atoms with van der Waals surface area (Å²) in [7, 11) is 0. The molecule has 0 aromatic heterocycles. The summed E-state index contributed by atoms with van der Waals surface area (Å²) in [5.41, 5.74) is 1.98. The molecule has 1 N–H and O–H groups in total. The van der Waals surface area contributed by atoms with Gasteiger partial charge in [-0.25, -0.2) is 0 Å². The molecule has 0 radical (unpaired) electrons. The number of carbonyl (C=O) groups is 1. The van der Waals surface area contributed by atoms with Gasteiger partial charge >= 0.3 is 0 Å². The van der Waals surface area contributed by atoms with Crippen LogP contribution in [-0.2, 0) is 10.8 Å². The Bertz CT molecular complexity index is 528. The lowest BCUT2D eigenvalue weighted by Crippen LogP contribution is -2.21. The summed E-state index contributed by atoms with van der Waals surface area (Å²) >= 11 is 0. The van der Waals surface area contributed by atoms with Crippen LogP contribution in [0.3, 0.4) is 0 Å². The van der Waals surface area contributed by atoms with Crippen LogP contribution in [0.25, 0.3) is 0 Å². The van der Waals surface area contributed by atoms with Gasteiger partial charge in [-0.05, 0) is 22.8 Å². The van der Waals surface area contributed by atoms with Gasteiger partial charge in [0, 0.05) is 17.5 Å². The van der Waals surface area contributed by atoms with E-state index in [0.29, 0.717) is 17.7 Å². The van der Waals surface area contributed by atoms with Gasteiger partial charge in [0.25, 0.3) is 0 Å². The van der Waals surface area contributed by atoms with E-state index in [9.17, 15) is 9.90 Å². The lowest BCUT2D eigenvalue weighted by atomic mass is 9.76. The Morgan fingerprint density at radius 2 is 1.59 bits per heavy atom. The van der Waals surface area contributed by atoms with Gasteiger partial charge in [0.05, 0.1) is 0 Å². The number of carbonyl (C=O) groups excluding carboxylic acids is 1. The number of unbranched alkanes of at least 4 members (excludes halogenated alkanes) is 2. The van der Waals surface area contributed by atoms with Gasteiger partial charge in [0.2, 0.25) is 0 Å². The SMILES string of the molecule is CCCCCC(=O)c1ccc(C(C)(C)C)c(O)c1C(C)(C)C. The van der Waals surface area contributed by atoms with E-state index in [0.717, 1.165) is 30.4 Å². The van der Waals surface area contributed by atoms with Crippen molar-refractivity contribution in [3.63, 3.8) is 0 Å². The predicted molar refractivity (Wildman–Crippen MR) is 94.0 cm³/mol. The fraction of sp³-hybridized carbons (Fsp3) is 0.650. The number of hydrogen-bond acceptors (Lipinski definition) is 2. The van der Waals surface area contributed by atoms with Crippen molar-refractivity contribution in [1.82, 2.24) is 0 Å². The molecule has 0 unspecified atom stereocenters. The van der Waals surface area contributed by atoms with Crippen LogP contribution in [0.4, 0.5) is 0 Å². The minimum absolute atomic E-state index is 0.145. The first-order valence-corrected chi connectivity index (χ1v) is 8.40. The number of hydrogen-bond donors (Lipinski definition) is 1. The number of benzene rings is 1. The second-order valence-corrected chi connectivity index (χ2v) is 8.26. The van der Waals surface area contributed by atoms with Gasteiger partial charge in [-0.1, -0.05) is 73.4 Å². The average Bonchev–Trinajstić information content (AvgIpc) is 2.35. The van der Waals surface area contributed by atoms with E-state index in [4.69, 9.17) is 0 Å². The second-order valence-electron chi connectivity index (χ2n) is 8.26. The first-order valence-electron chi connectivity index (χ1n) is 8.40. The number of phenols is 1. The zero-order valence-electron chi connectivity index (χ0n) is 15.3. The van der Waals surface area contributed by atoms with E-state index < -0.39 is 0 Å². The summed E-state index contributed by atoms with van der Waals surface area (Å²) in [5.74, 6) is 0.440. The van der Waals surface area contributed by atoms with Gasteiger partial charge in [0.15, 0.2) is 5.78 Å². The first-order chi connectivity index (χ1) is 10.00. The minimum Gasteiger partial charge on any atom is -0.507 e. The van der Waals surface area contributed by atoms with Crippen molar-refractivity contribution in [1.29, 1.82) is 0 Å². The second kappa shape index (κ2) is 6.85. The Labute approximate surface area is 135 Å². The number of phenolic OH excluding ortho intramolecular Hbond substituents is 1. The van der Waals surface area contributed by atoms with E-state index >= 15 is 0 Å². The molecule has 1 aromatic rings. The summed E-state index contributed by atoms with van der Waals surface area (Å²) in [6, 6.07) is 3.83. The van der Waals surface area contributed by atoms with Crippen molar-refractivity contribution in [3.8, 4) is 5.75 Å². The van der Waals surface area contributed by atoms with E-state index in [2.05, 4.69) is 48.5 Å². The van der Waals surface area contributed by atoms with Crippen molar-refractivity contribution in [2.75, 3.05) is 0 Å². The maximum atomic E-state index is 12.6. The van der Waals surface area contributed by atoms with Crippen molar-refractivity contribution >= 4 is 5.78 Å². The molecular formula is C20H32O2. The molecule has 0 amide bonds. The molecule has 0 atom stereocenters. The maximum Gasteiger partial charge on any atom is 0.163 e. The largest absolute Gasteiger partial charge is 0.507 e. The Balaban J connectivity index is 3.35. The zero-order valence-corrected chi connectivity index (χ0v) is 15.3. The van der Waals surface area contributed by atoms with Crippen LogP contribution in [0.2, 0.25) is 0 Å². The molecule has 0 bridgehead atoms. The van der Waals surface area contributed by atoms with Crippen molar-refractivity contribution < 1.29 is 9.90 Å². The third-order valence-corrected chi connectivity index (χ3v) is 4.04. The van der Waals surface area contributed by atoms with E-state index in [1.165, 1.54) is 0 Å². The van der Waals surface area contributed by atoms with E-state index in [1.54, 1.807) is 0 Å². The Hall–Kier alpha value is -1.31. The summed E-state index contributed by atoms with van der Waals surface area (Å²) in [5, 5.41) is 10.8. The molecule has 2 nitrogen and oxygen atoms in total. The van der Waals surface area contributed by atoms with Crippen LogP contribution < -0.4 is 0 Å². The quantitative estimate of drug-likeness (QED) is 0.555. The third kappa shape index (κ3) is 4.34. The van der Waals surface area contributed by atoms with Crippen molar-refractivity contribution in [2.45, 2.75) is 85.0 Å². The van der Waals surface area contributed by atoms with Crippen molar-refractivity contribution in [2.24, 2.45) is 0 Å². The van der Waals surface area contributed by atoms with Gasteiger partial charge in [-0.15, -0.1) is 0 Å². The maximum absolute atomic E-state index is 12.6. The topological polar surface area (TPSA) is 37.3 Å². The molecule has 2 heteroatoms. The molecule has 0 spiro atoms. The van der Waals surface area contributed by atoms with Crippen LogP contribution in [0.15, 0.2) is 12.1 Å². The van der Waals surface area contributed by atoms with Crippen LogP contribution >= 0.6 is 0 Å². The number of aromatic hydroxyl groups is 1. The van der Waals surface area contributed by atoms with Crippen LogP contribution in [-0.4, -0.2) is 10.9 Å². The molecule has 0 saturated heterocycles. The number of rotatable bonds is 5. The first kappa shape index (κ1) is 18.7. The molecule has 0 aliphatic rings. The van der Waals surface area contributed by atoms with Crippen molar-refractivity contribution in [3.05, 3.63) is 28.8 Å². The summed E-state index contributed by atoms with van der Waals surface area (Å²) in [6.45, 7) is 14.5. The van der Waals surface area contributed by atoms with Crippen LogP contribution in [0.5, 0.6) is 5.75 Å². The highest BCUT2D eigenvalue weighted by Gasteiger charge is 2.29. The molecule has 0 fully saturated rings. The van der Waals surface area contributed by atoms with Gasteiger partial charge in [-0.3, -0.25) is 4.79 Å². The molecule has 124 valence electrons. The summed E-state index contributed by atoms with van der Waals surface area (Å²) in [4.78, 5) is 12.6. The molecule has 0 aliphatic heterocycles. The third-order valence-electron chi connectivity index (χ3n) is 4.04. The summed E-state index contributed by atoms with van der Waals surface area (Å²) < 4.78 is 0. The van der Waals surface area contributed by atoms with Crippen LogP contribution in [0, 0.1) is 0 Å². The molecule has 22 heavy (non-hydrogen) atoms. The Morgan fingerprint density at radius 1 is 1.00 bits per heavy atom. The Morgan fingerprint density at radius 3 is 2.05 bits per heavy atom.